The van der Waals surface area contributed by atoms with Gasteiger partial charge in [-0.1, -0.05) is 164 Å². The van der Waals surface area contributed by atoms with E-state index in [0.29, 0.717) is 0 Å². The number of fused-ring (bicyclic) bond motifs is 11. The molecule has 9 aromatic rings. The van der Waals surface area contributed by atoms with Gasteiger partial charge in [0, 0.05) is 28.2 Å². The second-order valence-corrected chi connectivity index (χ2v) is 14.4. The van der Waals surface area contributed by atoms with Gasteiger partial charge in [-0.2, -0.15) is 0 Å². The molecule has 9 aromatic carbocycles. The predicted octanol–water partition coefficient (Wildman–Crippen LogP) is 14.1. The number of hydrogen-bond donors (Lipinski definition) is 0. The first kappa shape index (κ1) is 31.4. The van der Waals surface area contributed by atoms with Gasteiger partial charge in [0.15, 0.2) is 0 Å². The topological polar surface area (TPSA) is 12.5 Å². The molecule has 1 aliphatic carbocycles. The zero-order valence-electron chi connectivity index (χ0n) is 30.1. The molecular weight excluding hydrogens is 667 g/mol. The molecule has 2 aliphatic rings. The van der Waals surface area contributed by atoms with E-state index in [0.717, 1.165) is 28.6 Å². The van der Waals surface area contributed by atoms with Crippen LogP contribution in [-0.2, 0) is 5.41 Å². The van der Waals surface area contributed by atoms with Gasteiger partial charge in [0.1, 0.15) is 11.5 Å². The van der Waals surface area contributed by atoms with Crippen molar-refractivity contribution >= 4 is 27.8 Å². The van der Waals surface area contributed by atoms with Crippen LogP contribution < -0.4 is 9.64 Å². The van der Waals surface area contributed by atoms with Crippen LogP contribution in [0.3, 0.4) is 0 Å². The van der Waals surface area contributed by atoms with E-state index in [1.54, 1.807) is 0 Å². The summed E-state index contributed by atoms with van der Waals surface area (Å²) in [4.78, 5) is 2.39. The maximum Gasteiger partial charge on any atom is 0.132 e. The fraction of sp³-hybridized carbons (Fsp3) is 0.0189. The first-order valence-electron chi connectivity index (χ1n) is 18.9. The normalized spacial score (nSPS) is 13.0. The molecule has 1 heterocycles. The van der Waals surface area contributed by atoms with Crippen LogP contribution in [0, 0.1) is 0 Å². The Bertz CT molecular complexity index is 2750. The Kier molecular flexibility index (Phi) is 7.11. The maximum atomic E-state index is 6.63. The molecule has 2 nitrogen and oxygen atoms in total. The predicted molar refractivity (Wildman–Crippen MR) is 227 cm³/mol. The monoisotopic (exact) mass is 701 g/mol. The lowest BCUT2D eigenvalue weighted by atomic mass is 9.66. The van der Waals surface area contributed by atoms with E-state index in [4.69, 9.17) is 4.74 Å². The van der Waals surface area contributed by atoms with Crippen molar-refractivity contribution in [2.24, 2.45) is 0 Å². The Morgan fingerprint density at radius 3 is 1.42 bits per heavy atom. The quantitative estimate of drug-likeness (QED) is 0.177. The second kappa shape index (κ2) is 12.5. The molecule has 2 heteroatoms. The van der Waals surface area contributed by atoms with Crippen LogP contribution in [0.5, 0.6) is 11.5 Å². The molecule has 0 saturated heterocycles. The minimum atomic E-state index is -0.543. The van der Waals surface area contributed by atoms with Crippen molar-refractivity contribution in [1.29, 1.82) is 0 Å². The molecule has 1 aliphatic heterocycles. The SMILES string of the molecule is c1ccc(-c2ccc(N(c3ccc(-c4ccccc4)cc3)c3ccc4c(c3)-c3c(ccc5ccccc35)C43c4ccccc4Oc4ccccc43)cc2)cc1. The molecule has 0 bridgehead atoms. The van der Waals surface area contributed by atoms with Crippen LogP contribution in [0.25, 0.3) is 44.2 Å². The standard InChI is InChI=1S/C53H35NO/c1-3-13-36(14-4-1)38-23-28-41(29-24-38)54(42-30-25-39(26-31-42)37-15-5-2-6-16-37)43-32-34-46-45(35-43)52-44-18-8-7-17-40(44)27-33-49(52)53(46)47-19-9-11-21-50(47)55-51-22-12-10-20-48(51)53/h1-35H. The summed E-state index contributed by atoms with van der Waals surface area (Å²) < 4.78 is 6.63. The van der Waals surface area contributed by atoms with Crippen LogP contribution in [-0.4, -0.2) is 0 Å². The molecule has 0 saturated carbocycles. The molecule has 0 unspecified atom stereocenters. The third-order valence-electron chi connectivity index (χ3n) is 11.5. The smallest absolute Gasteiger partial charge is 0.132 e. The van der Waals surface area contributed by atoms with E-state index in [2.05, 4.69) is 217 Å². The van der Waals surface area contributed by atoms with Crippen molar-refractivity contribution in [3.63, 3.8) is 0 Å². The Labute approximate surface area is 321 Å². The van der Waals surface area contributed by atoms with Gasteiger partial charge in [0.2, 0.25) is 0 Å². The highest BCUT2D eigenvalue weighted by Crippen LogP contribution is 2.63. The molecule has 0 atom stereocenters. The van der Waals surface area contributed by atoms with Crippen LogP contribution in [0.15, 0.2) is 212 Å². The highest BCUT2D eigenvalue weighted by atomic mass is 16.5. The molecule has 0 amide bonds. The van der Waals surface area contributed by atoms with Gasteiger partial charge < -0.3 is 9.64 Å². The fourth-order valence-corrected chi connectivity index (χ4v) is 9.11. The number of rotatable bonds is 5. The summed E-state index contributed by atoms with van der Waals surface area (Å²) in [5.41, 5.74) is 14.9. The molecule has 0 radical (unpaired) electrons. The van der Waals surface area contributed by atoms with Crippen molar-refractivity contribution in [2.45, 2.75) is 5.41 Å². The summed E-state index contributed by atoms with van der Waals surface area (Å²) in [6, 6.07) is 76.8. The maximum absolute atomic E-state index is 6.63. The van der Waals surface area contributed by atoms with Crippen molar-refractivity contribution in [3.8, 4) is 44.9 Å². The van der Waals surface area contributed by atoms with Crippen molar-refractivity contribution in [2.75, 3.05) is 4.90 Å². The lowest BCUT2D eigenvalue weighted by Crippen LogP contribution is -2.32. The van der Waals surface area contributed by atoms with Gasteiger partial charge in [0.05, 0.1) is 5.41 Å². The first-order valence-corrected chi connectivity index (χ1v) is 18.9. The van der Waals surface area contributed by atoms with Gasteiger partial charge >= 0.3 is 0 Å². The van der Waals surface area contributed by atoms with Crippen LogP contribution >= 0.6 is 0 Å². The Morgan fingerprint density at radius 1 is 0.345 bits per heavy atom. The summed E-state index contributed by atoms with van der Waals surface area (Å²) in [6.07, 6.45) is 0. The minimum Gasteiger partial charge on any atom is -0.457 e. The number of ether oxygens (including phenoxy) is 1. The number of para-hydroxylation sites is 2. The Balaban J connectivity index is 1.15. The number of anilines is 3. The largest absolute Gasteiger partial charge is 0.457 e. The molecule has 258 valence electrons. The highest BCUT2D eigenvalue weighted by molar-refractivity contribution is 6.05. The van der Waals surface area contributed by atoms with Crippen LogP contribution in [0.1, 0.15) is 22.3 Å². The molecule has 0 N–H and O–H groups in total. The molecule has 11 rings (SSSR count). The average Bonchev–Trinajstić information content (AvgIpc) is 3.55. The lowest BCUT2D eigenvalue weighted by molar-refractivity contribution is 0.436. The third-order valence-corrected chi connectivity index (χ3v) is 11.5. The van der Waals surface area contributed by atoms with E-state index in [9.17, 15) is 0 Å². The summed E-state index contributed by atoms with van der Waals surface area (Å²) in [5, 5.41) is 2.48. The van der Waals surface area contributed by atoms with Crippen LogP contribution in [0.2, 0.25) is 0 Å². The molecule has 55 heavy (non-hydrogen) atoms. The zero-order chi connectivity index (χ0) is 36.3. The average molecular weight is 702 g/mol. The molecular formula is C53H35NO. The fourth-order valence-electron chi connectivity index (χ4n) is 9.11. The summed E-state index contributed by atoms with van der Waals surface area (Å²) in [6.45, 7) is 0. The van der Waals surface area contributed by atoms with E-state index >= 15 is 0 Å². The van der Waals surface area contributed by atoms with Crippen molar-refractivity contribution in [3.05, 3.63) is 235 Å². The van der Waals surface area contributed by atoms with Crippen molar-refractivity contribution in [1.82, 2.24) is 0 Å². The number of nitrogens with zero attached hydrogens (tertiary/aromatic N) is 1. The van der Waals surface area contributed by atoms with E-state index < -0.39 is 5.41 Å². The van der Waals surface area contributed by atoms with Crippen LogP contribution in [0.4, 0.5) is 17.1 Å². The van der Waals surface area contributed by atoms with E-state index in [1.165, 1.54) is 66.4 Å². The second-order valence-electron chi connectivity index (χ2n) is 14.4. The van der Waals surface area contributed by atoms with Gasteiger partial charge in [-0.05, 0) is 104 Å². The first-order chi connectivity index (χ1) is 27.3. The summed E-state index contributed by atoms with van der Waals surface area (Å²) in [5.74, 6) is 1.80. The van der Waals surface area contributed by atoms with Gasteiger partial charge in [-0.3, -0.25) is 0 Å². The third kappa shape index (κ3) is 4.82. The molecule has 0 aromatic heterocycles. The molecule has 1 spiro atoms. The molecule has 0 fully saturated rings. The minimum absolute atomic E-state index is 0.543. The van der Waals surface area contributed by atoms with E-state index in [1.807, 2.05) is 0 Å². The Hall–Kier alpha value is -7.16. The van der Waals surface area contributed by atoms with Gasteiger partial charge in [-0.15, -0.1) is 0 Å². The Morgan fingerprint density at radius 2 is 0.818 bits per heavy atom. The van der Waals surface area contributed by atoms with Gasteiger partial charge in [-0.25, -0.2) is 0 Å². The number of benzene rings is 9. The zero-order valence-corrected chi connectivity index (χ0v) is 30.1. The highest BCUT2D eigenvalue weighted by Gasteiger charge is 2.51. The summed E-state index contributed by atoms with van der Waals surface area (Å²) in [7, 11) is 0. The summed E-state index contributed by atoms with van der Waals surface area (Å²) >= 11 is 0. The van der Waals surface area contributed by atoms with Crippen molar-refractivity contribution < 1.29 is 4.74 Å². The number of hydrogen-bond acceptors (Lipinski definition) is 2. The van der Waals surface area contributed by atoms with Gasteiger partial charge in [0.25, 0.3) is 0 Å². The lowest BCUT2D eigenvalue weighted by Gasteiger charge is -2.39. The van der Waals surface area contributed by atoms with E-state index in [-0.39, 0.29) is 0 Å².